The number of hydrogen-bond acceptors (Lipinski definition) is 5. The lowest BCUT2D eigenvalue weighted by molar-refractivity contribution is 0.199. The van der Waals surface area contributed by atoms with Gasteiger partial charge in [-0.05, 0) is 28.1 Å². The molecule has 0 spiro atoms. The van der Waals surface area contributed by atoms with Gasteiger partial charge in [-0.1, -0.05) is 0 Å². The summed E-state index contributed by atoms with van der Waals surface area (Å²) < 4.78 is 16.6. The minimum absolute atomic E-state index is 0.646. The van der Waals surface area contributed by atoms with E-state index in [-0.39, 0.29) is 0 Å². The predicted molar refractivity (Wildman–Crippen MR) is 70.4 cm³/mol. The summed E-state index contributed by atoms with van der Waals surface area (Å²) in [5.74, 6) is 2.02. The Labute approximate surface area is 114 Å². The van der Waals surface area contributed by atoms with E-state index >= 15 is 0 Å². The summed E-state index contributed by atoms with van der Waals surface area (Å²) in [6.07, 6.45) is 2.42. The Morgan fingerprint density at radius 2 is 2.17 bits per heavy atom. The minimum Gasteiger partial charge on any atom is -0.446 e. The second-order valence-corrected chi connectivity index (χ2v) is 4.50. The fraction of sp³-hybridized carbons (Fsp3) is 0.417. The third-order valence-electron chi connectivity index (χ3n) is 2.37. The van der Waals surface area contributed by atoms with Crippen LogP contribution in [0.3, 0.4) is 0 Å². The molecule has 1 N–H and O–H groups in total. The molecule has 18 heavy (non-hydrogen) atoms. The van der Waals surface area contributed by atoms with Gasteiger partial charge in [0, 0.05) is 26.6 Å². The maximum atomic E-state index is 5.59. The Morgan fingerprint density at radius 1 is 1.28 bits per heavy atom. The van der Waals surface area contributed by atoms with Gasteiger partial charge in [0.15, 0.2) is 22.1 Å². The van der Waals surface area contributed by atoms with Gasteiger partial charge >= 0.3 is 0 Å². The van der Waals surface area contributed by atoms with Crippen LogP contribution in [0.5, 0.6) is 0 Å². The van der Waals surface area contributed by atoms with E-state index in [9.17, 15) is 0 Å². The normalized spacial score (nSPS) is 11.0. The van der Waals surface area contributed by atoms with E-state index in [0.717, 1.165) is 19.5 Å². The third-order valence-corrected chi connectivity index (χ3v) is 2.79. The highest BCUT2D eigenvalue weighted by molar-refractivity contribution is 9.10. The molecule has 0 saturated carbocycles. The van der Waals surface area contributed by atoms with E-state index in [4.69, 9.17) is 13.6 Å². The molecule has 0 atom stereocenters. The average Bonchev–Trinajstić information content (AvgIpc) is 2.97. The summed E-state index contributed by atoms with van der Waals surface area (Å²) in [6.45, 7) is 2.34. The Hall–Kier alpha value is -1.11. The molecule has 2 aromatic rings. The van der Waals surface area contributed by atoms with Crippen LogP contribution in [-0.4, -0.2) is 31.8 Å². The van der Waals surface area contributed by atoms with Crippen molar-refractivity contribution in [3.8, 4) is 11.5 Å². The molecule has 0 amide bonds. The zero-order valence-corrected chi connectivity index (χ0v) is 11.7. The molecule has 2 rings (SSSR count). The lowest BCUT2D eigenvalue weighted by Crippen LogP contribution is -2.21. The highest BCUT2D eigenvalue weighted by Gasteiger charge is 2.09. The van der Waals surface area contributed by atoms with Gasteiger partial charge in [0.2, 0.25) is 0 Å². The average molecular weight is 315 g/mol. The van der Waals surface area contributed by atoms with Crippen LogP contribution in [-0.2, 0) is 11.2 Å². The number of methoxy groups -OCH3 is 1. The molecule has 5 nitrogen and oxygen atoms in total. The Balaban J connectivity index is 1.83. The van der Waals surface area contributed by atoms with Crippen molar-refractivity contribution in [3.05, 3.63) is 28.9 Å². The molecule has 2 aromatic heterocycles. The van der Waals surface area contributed by atoms with Gasteiger partial charge in [-0.15, -0.1) is 0 Å². The number of rotatable bonds is 7. The van der Waals surface area contributed by atoms with Crippen molar-refractivity contribution in [2.24, 2.45) is 0 Å². The molecule has 0 fully saturated rings. The van der Waals surface area contributed by atoms with Crippen LogP contribution in [0.25, 0.3) is 11.5 Å². The van der Waals surface area contributed by atoms with Crippen molar-refractivity contribution in [1.82, 2.24) is 10.3 Å². The Kier molecular flexibility index (Phi) is 4.98. The molecule has 0 aliphatic carbocycles. The van der Waals surface area contributed by atoms with Crippen molar-refractivity contribution >= 4 is 15.9 Å². The zero-order chi connectivity index (χ0) is 12.8. The van der Waals surface area contributed by atoms with E-state index in [0.29, 0.717) is 28.7 Å². The first-order valence-corrected chi connectivity index (χ1v) is 6.49. The molecule has 6 heteroatoms. The fourth-order valence-corrected chi connectivity index (χ4v) is 1.79. The number of halogens is 1. The lowest BCUT2D eigenvalue weighted by Gasteiger charge is -2.00. The summed E-state index contributed by atoms with van der Waals surface area (Å²) in [5, 5.41) is 3.23. The monoisotopic (exact) mass is 314 g/mol. The summed E-state index contributed by atoms with van der Waals surface area (Å²) in [4.78, 5) is 4.21. The van der Waals surface area contributed by atoms with Crippen molar-refractivity contribution in [3.63, 3.8) is 0 Å². The topological polar surface area (TPSA) is 60.4 Å². The molecular formula is C12H15BrN2O3. The van der Waals surface area contributed by atoms with E-state index in [1.165, 1.54) is 0 Å². The smallest absolute Gasteiger partial charge is 0.196 e. The number of hydrogen-bond donors (Lipinski definition) is 1. The molecule has 0 bridgehead atoms. The van der Waals surface area contributed by atoms with Crippen molar-refractivity contribution in [2.75, 3.05) is 26.8 Å². The second kappa shape index (κ2) is 6.72. The molecule has 0 aromatic carbocycles. The van der Waals surface area contributed by atoms with Crippen LogP contribution in [0.2, 0.25) is 0 Å². The third kappa shape index (κ3) is 3.69. The van der Waals surface area contributed by atoms with E-state index in [2.05, 4.69) is 26.2 Å². The van der Waals surface area contributed by atoms with Crippen LogP contribution in [0, 0.1) is 0 Å². The van der Waals surface area contributed by atoms with Gasteiger partial charge in [-0.3, -0.25) is 0 Å². The number of furan rings is 1. The van der Waals surface area contributed by atoms with E-state index in [1.807, 2.05) is 12.1 Å². The van der Waals surface area contributed by atoms with Crippen LogP contribution < -0.4 is 5.32 Å². The molecule has 0 saturated heterocycles. The molecule has 2 heterocycles. The van der Waals surface area contributed by atoms with Crippen LogP contribution >= 0.6 is 15.9 Å². The summed E-state index contributed by atoms with van der Waals surface area (Å²) in [6, 6.07) is 3.66. The number of aromatic nitrogens is 1. The summed E-state index contributed by atoms with van der Waals surface area (Å²) in [7, 11) is 1.68. The van der Waals surface area contributed by atoms with Gasteiger partial charge in [-0.2, -0.15) is 0 Å². The van der Waals surface area contributed by atoms with Crippen LogP contribution in [0.15, 0.2) is 31.8 Å². The molecule has 0 aliphatic heterocycles. The lowest BCUT2D eigenvalue weighted by atomic mass is 10.4. The number of ether oxygens (including phenoxy) is 1. The van der Waals surface area contributed by atoms with Crippen molar-refractivity contribution in [2.45, 2.75) is 6.42 Å². The van der Waals surface area contributed by atoms with Gasteiger partial charge < -0.3 is 18.9 Å². The highest BCUT2D eigenvalue weighted by Crippen LogP contribution is 2.25. The SMILES string of the molecule is COCCNCCc1ncc(-c2ccc(Br)o2)o1. The standard InChI is InChI=1S/C12H15BrN2O3/c1-16-7-6-14-5-4-12-15-8-10(18-12)9-2-3-11(13)17-9/h2-3,8,14H,4-7H2,1H3. The van der Waals surface area contributed by atoms with E-state index < -0.39 is 0 Å². The maximum Gasteiger partial charge on any atom is 0.196 e. The first-order chi connectivity index (χ1) is 8.79. The largest absolute Gasteiger partial charge is 0.446 e. The number of oxazole rings is 1. The quantitative estimate of drug-likeness (QED) is 0.796. The minimum atomic E-state index is 0.646. The number of nitrogens with zero attached hydrogens (tertiary/aromatic N) is 1. The van der Waals surface area contributed by atoms with E-state index in [1.54, 1.807) is 13.3 Å². The zero-order valence-electron chi connectivity index (χ0n) is 10.1. The Bertz CT molecular complexity index is 481. The first kappa shape index (κ1) is 13.3. The first-order valence-electron chi connectivity index (χ1n) is 5.69. The molecule has 0 aliphatic rings. The maximum absolute atomic E-state index is 5.59. The Morgan fingerprint density at radius 3 is 2.89 bits per heavy atom. The van der Waals surface area contributed by atoms with Gasteiger partial charge in [0.1, 0.15) is 0 Å². The van der Waals surface area contributed by atoms with Gasteiger partial charge in [-0.25, -0.2) is 4.98 Å². The second-order valence-electron chi connectivity index (χ2n) is 3.71. The molecular weight excluding hydrogens is 300 g/mol. The van der Waals surface area contributed by atoms with Crippen LogP contribution in [0.1, 0.15) is 5.89 Å². The van der Waals surface area contributed by atoms with Crippen LogP contribution in [0.4, 0.5) is 0 Å². The van der Waals surface area contributed by atoms with Crippen molar-refractivity contribution < 1.29 is 13.6 Å². The highest BCUT2D eigenvalue weighted by atomic mass is 79.9. The summed E-state index contributed by atoms with van der Waals surface area (Å²) >= 11 is 3.25. The fourth-order valence-electron chi connectivity index (χ4n) is 1.48. The van der Waals surface area contributed by atoms with Gasteiger partial charge in [0.25, 0.3) is 0 Å². The summed E-state index contributed by atoms with van der Waals surface area (Å²) in [5.41, 5.74) is 0. The molecule has 98 valence electrons. The predicted octanol–water partition coefficient (Wildman–Crippen LogP) is 2.48. The molecule has 0 radical (unpaired) electrons. The number of nitrogens with one attached hydrogen (secondary N) is 1. The van der Waals surface area contributed by atoms with Crippen molar-refractivity contribution in [1.29, 1.82) is 0 Å². The molecule has 0 unspecified atom stereocenters. The van der Waals surface area contributed by atoms with Gasteiger partial charge in [0.05, 0.1) is 12.8 Å².